The van der Waals surface area contributed by atoms with Crippen LogP contribution in [0.1, 0.15) is 85.7 Å². The highest BCUT2D eigenvalue weighted by Crippen LogP contribution is 2.19. The van der Waals surface area contributed by atoms with Crippen molar-refractivity contribution in [3.63, 3.8) is 0 Å². The Morgan fingerprint density at radius 3 is 1.95 bits per heavy atom. The molecule has 0 spiro atoms. The van der Waals surface area contributed by atoms with Crippen molar-refractivity contribution in [1.82, 2.24) is 0 Å². The number of halogens is 1. The average molecular weight is 333 g/mol. The summed E-state index contributed by atoms with van der Waals surface area (Å²) >= 11 is 1.42. The van der Waals surface area contributed by atoms with Crippen molar-refractivity contribution in [2.75, 3.05) is 0 Å². The Kier molecular flexibility index (Phi) is 12.8. The second-order valence-electron chi connectivity index (χ2n) is 5.50. The maximum atomic E-state index is 10.8. The Balaban J connectivity index is 0.00000400. The van der Waals surface area contributed by atoms with Gasteiger partial charge in [-0.3, -0.25) is 0 Å². The maximum absolute atomic E-state index is 10.8. The lowest BCUT2D eigenvalue weighted by Gasteiger charge is -2.01. The van der Waals surface area contributed by atoms with Gasteiger partial charge in [-0.1, -0.05) is 64.7 Å². The van der Waals surface area contributed by atoms with E-state index >= 15 is 0 Å². The van der Waals surface area contributed by atoms with E-state index in [0.717, 1.165) is 6.42 Å². The first-order valence-electron chi connectivity index (χ1n) is 8.06. The molecule has 0 amide bonds. The molecule has 1 heterocycles. The van der Waals surface area contributed by atoms with E-state index in [1.165, 1.54) is 80.4 Å². The van der Waals surface area contributed by atoms with Gasteiger partial charge in [-0.25, -0.2) is 4.79 Å². The summed E-state index contributed by atoms with van der Waals surface area (Å²) in [5.41, 5.74) is 0. The van der Waals surface area contributed by atoms with Crippen molar-refractivity contribution in [2.45, 2.75) is 77.6 Å². The molecule has 0 atom stereocenters. The summed E-state index contributed by atoms with van der Waals surface area (Å²) in [6, 6.07) is 3.68. The van der Waals surface area contributed by atoms with Gasteiger partial charge in [0, 0.05) is 4.88 Å². The zero-order valence-electron chi connectivity index (χ0n) is 13.1. The van der Waals surface area contributed by atoms with Crippen LogP contribution in [-0.4, -0.2) is 11.1 Å². The third-order valence-electron chi connectivity index (χ3n) is 3.65. The van der Waals surface area contributed by atoms with Crippen LogP contribution in [-0.2, 0) is 6.42 Å². The molecule has 0 bridgehead atoms. The van der Waals surface area contributed by atoms with Gasteiger partial charge in [0.1, 0.15) is 4.88 Å². The number of hydrogen-bond donors (Lipinski definition) is 1. The van der Waals surface area contributed by atoms with Crippen LogP contribution in [0.3, 0.4) is 0 Å². The lowest BCUT2D eigenvalue weighted by Crippen LogP contribution is -1.89. The summed E-state index contributed by atoms with van der Waals surface area (Å²) in [5, 5.41) is 8.85. The number of aryl methyl sites for hydroxylation is 1. The summed E-state index contributed by atoms with van der Waals surface area (Å²) in [6.07, 6.45) is 14.5. The first-order chi connectivity index (χ1) is 9.74. The third-order valence-corrected chi connectivity index (χ3v) is 4.78. The van der Waals surface area contributed by atoms with Crippen LogP contribution < -0.4 is 0 Å². The van der Waals surface area contributed by atoms with Crippen molar-refractivity contribution in [2.24, 2.45) is 0 Å². The van der Waals surface area contributed by atoms with Crippen LogP contribution in [0.4, 0.5) is 0 Å². The monoisotopic (exact) mass is 332 g/mol. The molecule has 0 saturated heterocycles. The van der Waals surface area contributed by atoms with E-state index in [4.69, 9.17) is 5.11 Å². The quantitative estimate of drug-likeness (QED) is 0.454. The molecule has 0 saturated carbocycles. The molecule has 1 N–H and O–H groups in total. The molecule has 21 heavy (non-hydrogen) atoms. The van der Waals surface area contributed by atoms with Gasteiger partial charge in [0.2, 0.25) is 0 Å². The van der Waals surface area contributed by atoms with E-state index in [-0.39, 0.29) is 12.4 Å². The SMILES string of the molecule is CCCCCCCCCCCCc1ccc(C(=O)O)s1.Cl. The van der Waals surface area contributed by atoms with Crippen molar-refractivity contribution in [3.05, 3.63) is 21.9 Å². The van der Waals surface area contributed by atoms with Crippen LogP contribution in [0.15, 0.2) is 12.1 Å². The van der Waals surface area contributed by atoms with Gasteiger partial charge in [0.05, 0.1) is 0 Å². The summed E-state index contributed by atoms with van der Waals surface area (Å²) < 4.78 is 0. The molecule has 4 heteroatoms. The van der Waals surface area contributed by atoms with E-state index in [1.807, 2.05) is 6.07 Å². The lowest BCUT2D eigenvalue weighted by atomic mass is 10.1. The zero-order valence-corrected chi connectivity index (χ0v) is 14.7. The van der Waals surface area contributed by atoms with Crippen LogP contribution in [0.25, 0.3) is 0 Å². The highest BCUT2D eigenvalue weighted by atomic mass is 35.5. The molecule has 122 valence electrons. The fourth-order valence-corrected chi connectivity index (χ4v) is 3.30. The standard InChI is InChI=1S/C17H28O2S.ClH/c1-2-3-4-5-6-7-8-9-10-11-12-15-13-14-16(20-15)17(18)19;/h13-14H,2-12H2,1H3,(H,18,19);1H. The second-order valence-corrected chi connectivity index (χ2v) is 6.67. The summed E-state index contributed by atoms with van der Waals surface area (Å²) in [4.78, 5) is 12.4. The van der Waals surface area contributed by atoms with Gasteiger partial charge >= 0.3 is 5.97 Å². The molecular weight excluding hydrogens is 304 g/mol. The van der Waals surface area contributed by atoms with Crippen molar-refractivity contribution < 1.29 is 9.90 Å². The van der Waals surface area contributed by atoms with Gasteiger partial charge in [0.15, 0.2) is 0 Å². The second kappa shape index (κ2) is 13.1. The molecule has 0 radical (unpaired) electrons. The molecule has 0 aliphatic carbocycles. The van der Waals surface area contributed by atoms with E-state index < -0.39 is 5.97 Å². The van der Waals surface area contributed by atoms with Gasteiger partial charge in [-0.15, -0.1) is 23.7 Å². The third kappa shape index (κ3) is 9.92. The van der Waals surface area contributed by atoms with Crippen LogP contribution in [0.2, 0.25) is 0 Å². The van der Waals surface area contributed by atoms with Gasteiger partial charge < -0.3 is 5.11 Å². The predicted octanol–water partition coefficient (Wildman–Crippen LogP) is 6.33. The minimum absolute atomic E-state index is 0. The van der Waals surface area contributed by atoms with Crippen LogP contribution in [0.5, 0.6) is 0 Å². The number of carboxylic acids is 1. The smallest absolute Gasteiger partial charge is 0.345 e. The summed E-state index contributed by atoms with van der Waals surface area (Å²) in [6.45, 7) is 2.26. The van der Waals surface area contributed by atoms with E-state index in [1.54, 1.807) is 6.07 Å². The molecule has 2 nitrogen and oxygen atoms in total. The molecular formula is C17H29ClO2S. The first-order valence-corrected chi connectivity index (χ1v) is 8.87. The van der Waals surface area contributed by atoms with E-state index in [9.17, 15) is 4.79 Å². The Bertz CT molecular complexity index is 377. The number of carboxylic acid groups (broad SMARTS) is 1. The number of hydrogen-bond acceptors (Lipinski definition) is 2. The molecule has 0 unspecified atom stereocenters. The van der Waals surface area contributed by atoms with Crippen LogP contribution in [0, 0.1) is 0 Å². The molecule has 1 rings (SSSR count). The minimum Gasteiger partial charge on any atom is -0.477 e. The summed E-state index contributed by atoms with van der Waals surface area (Å²) in [7, 11) is 0. The fourth-order valence-electron chi connectivity index (χ4n) is 2.41. The van der Waals surface area contributed by atoms with E-state index in [2.05, 4.69) is 6.92 Å². The zero-order chi connectivity index (χ0) is 14.6. The Hall–Kier alpha value is -0.540. The number of thiophene rings is 1. The molecule has 0 aliphatic heterocycles. The molecule has 1 aromatic rings. The topological polar surface area (TPSA) is 37.3 Å². The molecule has 0 fully saturated rings. The van der Waals surface area contributed by atoms with Crippen molar-refractivity contribution in [3.8, 4) is 0 Å². The number of unbranched alkanes of at least 4 members (excludes halogenated alkanes) is 9. The Morgan fingerprint density at radius 1 is 0.952 bits per heavy atom. The largest absolute Gasteiger partial charge is 0.477 e. The lowest BCUT2D eigenvalue weighted by molar-refractivity contribution is 0.0702. The molecule has 1 aromatic heterocycles. The highest BCUT2D eigenvalue weighted by molar-refractivity contribution is 7.13. The van der Waals surface area contributed by atoms with Gasteiger partial charge in [0.25, 0.3) is 0 Å². The maximum Gasteiger partial charge on any atom is 0.345 e. The highest BCUT2D eigenvalue weighted by Gasteiger charge is 2.06. The van der Waals surface area contributed by atoms with Gasteiger partial charge in [-0.05, 0) is 25.0 Å². The van der Waals surface area contributed by atoms with Crippen LogP contribution >= 0.6 is 23.7 Å². The van der Waals surface area contributed by atoms with Crippen molar-refractivity contribution in [1.29, 1.82) is 0 Å². The first kappa shape index (κ1) is 20.5. The number of aromatic carboxylic acids is 1. The Morgan fingerprint density at radius 2 is 1.48 bits per heavy atom. The fraction of sp³-hybridized carbons (Fsp3) is 0.706. The van der Waals surface area contributed by atoms with Gasteiger partial charge in [-0.2, -0.15) is 0 Å². The minimum atomic E-state index is -0.802. The number of rotatable bonds is 12. The van der Waals surface area contributed by atoms with Crippen molar-refractivity contribution >= 4 is 29.7 Å². The Labute approximate surface area is 139 Å². The molecule has 0 aromatic carbocycles. The predicted molar refractivity (Wildman–Crippen MR) is 94.1 cm³/mol. The molecule has 0 aliphatic rings. The number of carbonyl (C=O) groups is 1. The normalized spacial score (nSPS) is 10.3. The van der Waals surface area contributed by atoms with E-state index in [0.29, 0.717) is 4.88 Å². The summed E-state index contributed by atoms with van der Waals surface area (Å²) in [5.74, 6) is -0.802. The average Bonchev–Trinajstić information content (AvgIpc) is 2.90.